The van der Waals surface area contributed by atoms with Gasteiger partial charge in [-0.2, -0.15) is 0 Å². The van der Waals surface area contributed by atoms with Gasteiger partial charge in [0.1, 0.15) is 0 Å². The number of halogens is 1. The highest BCUT2D eigenvalue weighted by Gasteiger charge is 2.26. The Hall–Kier alpha value is -1.07. The second kappa shape index (κ2) is 6.59. The standard InChI is InChI=1S/C15H22BrN3O/c1-10(17)13-8-12(16)5-6-14(13)19-7-3-4-11(9-19)15(20)18-2/h5-6,8,10-11H,3-4,7,9,17H2,1-2H3,(H,18,20). The van der Waals surface area contributed by atoms with E-state index in [1.807, 2.05) is 13.0 Å². The normalized spacial score (nSPS) is 20.6. The molecule has 0 bridgehead atoms. The number of benzene rings is 1. The number of nitrogens with two attached hydrogens (primary N) is 1. The van der Waals surface area contributed by atoms with E-state index in [1.54, 1.807) is 7.05 Å². The molecule has 0 aliphatic carbocycles. The maximum atomic E-state index is 11.8. The quantitative estimate of drug-likeness (QED) is 0.889. The van der Waals surface area contributed by atoms with Gasteiger partial charge in [-0.1, -0.05) is 15.9 Å². The number of rotatable bonds is 3. The number of hydrogen-bond donors (Lipinski definition) is 2. The van der Waals surface area contributed by atoms with E-state index in [0.29, 0.717) is 0 Å². The number of carbonyl (C=O) groups excluding carboxylic acids is 1. The van der Waals surface area contributed by atoms with Gasteiger partial charge in [-0.25, -0.2) is 0 Å². The van der Waals surface area contributed by atoms with Gasteiger partial charge in [-0.15, -0.1) is 0 Å². The Bertz CT molecular complexity index is 490. The monoisotopic (exact) mass is 339 g/mol. The van der Waals surface area contributed by atoms with Gasteiger partial charge in [-0.3, -0.25) is 4.79 Å². The SMILES string of the molecule is CNC(=O)C1CCCN(c2ccc(Br)cc2C(C)N)C1. The molecule has 1 aliphatic rings. The highest BCUT2D eigenvalue weighted by Crippen LogP contribution is 2.31. The second-order valence-corrected chi connectivity index (χ2v) is 6.31. The van der Waals surface area contributed by atoms with E-state index in [1.165, 1.54) is 0 Å². The molecule has 1 heterocycles. The van der Waals surface area contributed by atoms with Crippen LogP contribution in [-0.4, -0.2) is 26.0 Å². The molecule has 1 aromatic carbocycles. The summed E-state index contributed by atoms with van der Waals surface area (Å²) >= 11 is 3.50. The van der Waals surface area contributed by atoms with Crippen LogP contribution < -0.4 is 16.0 Å². The molecule has 0 aromatic heterocycles. The molecule has 2 rings (SSSR count). The van der Waals surface area contributed by atoms with E-state index in [0.717, 1.165) is 41.7 Å². The first-order valence-electron chi connectivity index (χ1n) is 7.04. The Balaban J connectivity index is 2.24. The molecule has 4 nitrogen and oxygen atoms in total. The van der Waals surface area contributed by atoms with Gasteiger partial charge in [0, 0.05) is 36.3 Å². The van der Waals surface area contributed by atoms with Crippen LogP contribution in [0.3, 0.4) is 0 Å². The van der Waals surface area contributed by atoms with Gasteiger partial charge in [0.25, 0.3) is 0 Å². The lowest BCUT2D eigenvalue weighted by atomic mass is 9.95. The third-order valence-corrected chi connectivity index (χ3v) is 4.35. The molecule has 0 spiro atoms. The molecule has 0 radical (unpaired) electrons. The molecule has 0 saturated carbocycles. The Kier molecular flexibility index (Phi) is 5.05. The second-order valence-electron chi connectivity index (χ2n) is 5.39. The van der Waals surface area contributed by atoms with Crippen molar-refractivity contribution in [2.24, 2.45) is 11.7 Å². The first kappa shape index (κ1) is 15.3. The third kappa shape index (κ3) is 3.33. The molecular formula is C15H22BrN3O. The van der Waals surface area contributed by atoms with E-state index in [9.17, 15) is 4.79 Å². The number of piperidine rings is 1. The number of amides is 1. The molecule has 110 valence electrons. The van der Waals surface area contributed by atoms with Crippen molar-refractivity contribution in [2.45, 2.75) is 25.8 Å². The first-order chi connectivity index (χ1) is 9.52. The molecule has 5 heteroatoms. The number of anilines is 1. The molecule has 1 amide bonds. The molecule has 2 unspecified atom stereocenters. The minimum atomic E-state index is -0.0251. The highest BCUT2D eigenvalue weighted by molar-refractivity contribution is 9.10. The number of hydrogen-bond acceptors (Lipinski definition) is 3. The van der Waals surface area contributed by atoms with Crippen molar-refractivity contribution >= 4 is 27.5 Å². The third-order valence-electron chi connectivity index (χ3n) is 3.86. The maximum absolute atomic E-state index is 11.8. The Morgan fingerprint density at radius 2 is 2.30 bits per heavy atom. The van der Waals surface area contributed by atoms with Crippen LogP contribution in [0.25, 0.3) is 0 Å². The average Bonchev–Trinajstić information content (AvgIpc) is 2.46. The van der Waals surface area contributed by atoms with Gasteiger partial charge in [0.15, 0.2) is 0 Å². The van der Waals surface area contributed by atoms with Crippen LogP contribution in [0.2, 0.25) is 0 Å². The van der Waals surface area contributed by atoms with Crippen LogP contribution in [0.1, 0.15) is 31.4 Å². The van der Waals surface area contributed by atoms with Gasteiger partial charge >= 0.3 is 0 Å². The zero-order valence-electron chi connectivity index (χ0n) is 12.0. The molecule has 1 saturated heterocycles. The predicted octanol–water partition coefficient (Wildman–Crippen LogP) is 2.43. The van der Waals surface area contributed by atoms with Crippen molar-refractivity contribution in [3.05, 3.63) is 28.2 Å². The predicted molar refractivity (Wildman–Crippen MR) is 85.7 cm³/mol. The smallest absolute Gasteiger partial charge is 0.224 e. The van der Waals surface area contributed by atoms with Crippen LogP contribution in [0.5, 0.6) is 0 Å². The molecule has 3 N–H and O–H groups in total. The summed E-state index contributed by atoms with van der Waals surface area (Å²) in [6.45, 7) is 3.74. The van der Waals surface area contributed by atoms with Crippen molar-refractivity contribution in [1.82, 2.24) is 5.32 Å². The summed E-state index contributed by atoms with van der Waals surface area (Å²) in [6, 6.07) is 6.17. The van der Waals surface area contributed by atoms with Crippen molar-refractivity contribution in [3.63, 3.8) is 0 Å². The van der Waals surface area contributed by atoms with Crippen molar-refractivity contribution < 1.29 is 4.79 Å². The zero-order chi connectivity index (χ0) is 14.7. The van der Waals surface area contributed by atoms with E-state index in [2.05, 4.69) is 38.3 Å². The molecule has 1 fully saturated rings. The first-order valence-corrected chi connectivity index (χ1v) is 7.83. The van der Waals surface area contributed by atoms with E-state index in [4.69, 9.17) is 5.73 Å². The fourth-order valence-corrected chi connectivity index (χ4v) is 3.17. The zero-order valence-corrected chi connectivity index (χ0v) is 13.6. The summed E-state index contributed by atoms with van der Waals surface area (Å²) in [6.07, 6.45) is 1.99. The Morgan fingerprint density at radius 1 is 1.55 bits per heavy atom. The molecule has 1 aliphatic heterocycles. The minimum absolute atomic E-state index is 0.0251. The summed E-state index contributed by atoms with van der Waals surface area (Å²) in [5, 5.41) is 2.76. The van der Waals surface area contributed by atoms with Crippen LogP contribution in [0.15, 0.2) is 22.7 Å². The van der Waals surface area contributed by atoms with Gasteiger partial charge in [0.05, 0.1) is 5.92 Å². The Morgan fingerprint density at radius 3 is 2.95 bits per heavy atom. The highest BCUT2D eigenvalue weighted by atomic mass is 79.9. The molecule has 20 heavy (non-hydrogen) atoms. The van der Waals surface area contributed by atoms with Crippen molar-refractivity contribution in [2.75, 3.05) is 25.0 Å². The topological polar surface area (TPSA) is 58.4 Å². The lowest BCUT2D eigenvalue weighted by Crippen LogP contribution is -2.42. The number of carbonyl (C=O) groups is 1. The largest absolute Gasteiger partial charge is 0.370 e. The molecule has 1 aromatic rings. The fourth-order valence-electron chi connectivity index (χ4n) is 2.79. The fraction of sp³-hybridized carbons (Fsp3) is 0.533. The van der Waals surface area contributed by atoms with Crippen LogP contribution in [0.4, 0.5) is 5.69 Å². The van der Waals surface area contributed by atoms with Crippen LogP contribution in [-0.2, 0) is 4.79 Å². The summed E-state index contributed by atoms with van der Waals surface area (Å²) in [5.41, 5.74) is 8.36. The number of nitrogens with one attached hydrogen (secondary N) is 1. The summed E-state index contributed by atoms with van der Waals surface area (Å²) in [4.78, 5) is 14.1. The van der Waals surface area contributed by atoms with Gasteiger partial charge in [0.2, 0.25) is 5.91 Å². The van der Waals surface area contributed by atoms with Gasteiger partial charge < -0.3 is 16.0 Å². The van der Waals surface area contributed by atoms with E-state index in [-0.39, 0.29) is 17.9 Å². The van der Waals surface area contributed by atoms with Crippen LogP contribution in [0, 0.1) is 5.92 Å². The lowest BCUT2D eigenvalue weighted by Gasteiger charge is -2.35. The van der Waals surface area contributed by atoms with Crippen molar-refractivity contribution in [1.29, 1.82) is 0 Å². The molecule has 2 atom stereocenters. The summed E-state index contributed by atoms with van der Waals surface area (Å²) in [7, 11) is 1.70. The maximum Gasteiger partial charge on any atom is 0.224 e. The lowest BCUT2D eigenvalue weighted by molar-refractivity contribution is -0.124. The van der Waals surface area contributed by atoms with Crippen molar-refractivity contribution in [3.8, 4) is 0 Å². The minimum Gasteiger partial charge on any atom is -0.370 e. The average molecular weight is 340 g/mol. The van der Waals surface area contributed by atoms with Crippen LogP contribution >= 0.6 is 15.9 Å². The van der Waals surface area contributed by atoms with E-state index >= 15 is 0 Å². The van der Waals surface area contributed by atoms with Gasteiger partial charge in [-0.05, 0) is 43.5 Å². The Labute approximate surface area is 128 Å². The molecular weight excluding hydrogens is 318 g/mol. The summed E-state index contributed by atoms with van der Waals surface area (Å²) < 4.78 is 1.04. The van der Waals surface area contributed by atoms with E-state index < -0.39 is 0 Å². The summed E-state index contributed by atoms with van der Waals surface area (Å²) in [5.74, 6) is 0.201. The number of nitrogens with zero attached hydrogens (tertiary/aromatic N) is 1.